The van der Waals surface area contributed by atoms with E-state index in [0.29, 0.717) is 6.54 Å². The van der Waals surface area contributed by atoms with Crippen molar-refractivity contribution in [1.29, 1.82) is 0 Å². The molecule has 0 aliphatic carbocycles. The van der Waals surface area contributed by atoms with Crippen LogP contribution in [0.5, 0.6) is 0 Å². The predicted octanol–water partition coefficient (Wildman–Crippen LogP) is 3.12. The molecule has 0 N–H and O–H groups in total. The van der Waals surface area contributed by atoms with Gasteiger partial charge in [-0.05, 0) is 17.5 Å². The molecule has 0 fully saturated rings. The van der Waals surface area contributed by atoms with Crippen LogP contribution in [0.4, 0.5) is 0 Å². The van der Waals surface area contributed by atoms with Crippen LogP contribution in [-0.2, 0) is 11.2 Å². The molecule has 3 rings (SSSR count). The Kier molecular flexibility index (Phi) is 4.94. The number of rotatable bonds is 4. The third-order valence-corrected chi connectivity index (χ3v) is 4.37. The average Bonchev–Trinajstić information content (AvgIpc) is 2.61. The Morgan fingerprint density at radius 2 is 1.67 bits per heavy atom. The minimum atomic E-state index is 0.0517. The summed E-state index contributed by atoms with van der Waals surface area (Å²) >= 11 is 0. The van der Waals surface area contributed by atoms with Gasteiger partial charge in [0.2, 0.25) is 5.91 Å². The maximum atomic E-state index is 12.1. The summed E-state index contributed by atoms with van der Waals surface area (Å²) in [4.78, 5) is 14.0. The van der Waals surface area contributed by atoms with Gasteiger partial charge in [0.1, 0.15) is 5.84 Å². The van der Waals surface area contributed by atoms with Crippen molar-refractivity contribution < 1.29 is 4.79 Å². The van der Waals surface area contributed by atoms with Crippen LogP contribution in [0.1, 0.15) is 24.0 Å². The van der Waals surface area contributed by atoms with Gasteiger partial charge < -0.3 is 0 Å². The highest BCUT2D eigenvalue weighted by Crippen LogP contribution is 2.26. The first-order valence-corrected chi connectivity index (χ1v) is 8.32. The van der Waals surface area contributed by atoms with Crippen LogP contribution >= 0.6 is 0 Å². The third kappa shape index (κ3) is 3.65. The second kappa shape index (κ2) is 7.30. The molecule has 0 radical (unpaired) electrons. The van der Waals surface area contributed by atoms with Gasteiger partial charge in [-0.25, -0.2) is 0 Å². The van der Waals surface area contributed by atoms with Gasteiger partial charge in [-0.2, -0.15) is 5.10 Å². The first kappa shape index (κ1) is 16.2. The number of carbonyl (C=O) groups excluding carboxylic acids is 1. The van der Waals surface area contributed by atoms with Crippen molar-refractivity contribution in [2.45, 2.75) is 19.3 Å². The SMILES string of the molecule is CC(=O)N1CCN(C)N=C1C(Cc1ccccc1)c1ccccc1. The minimum absolute atomic E-state index is 0.0517. The molecular formula is C20H23N3O. The van der Waals surface area contributed by atoms with E-state index in [0.717, 1.165) is 18.8 Å². The summed E-state index contributed by atoms with van der Waals surface area (Å²) in [5.41, 5.74) is 2.42. The third-order valence-electron chi connectivity index (χ3n) is 4.37. The molecule has 4 heteroatoms. The Morgan fingerprint density at radius 3 is 2.29 bits per heavy atom. The van der Waals surface area contributed by atoms with Crippen LogP contribution in [0.3, 0.4) is 0 Å². The Balaban J connectivity index is 2.01. The number of amides is 1. The van der Waals surface area contributed by atoms with E-state index in [9.17, 15) is 4.79 Å². The second-order valence-electron chi connectivity index (χ2n) is 6.16. The highest BCUT2D eigenvalue weighted by molar-refractivity contribution is 6.01. The maximum Gasteiger partial charge on any atom is 0.224 e. The van der Waals surface area contributed by atoms with Gasteiger partial charge in [-0.3, -0.25) is 14.7 Å². The molecule has 0 saturated heterocycles. The highest BCUT2D eigenvalue weighted by Gasteiger charge is 2.29. The quantitative estimate of drug-likeness (QED) is 0.867. The van der Waals surface area contributed by atoms with Crippen molar-refractivity contribution in [3.8, 4) is 0 Å². The zero-order valence-electron chi connectivity index (χ0n) is 14.2. The van der Waals surface area contributed by atoms with Gasteiger partial charge in [0.15, 0.2) is 0 Å². The van der Waals surface area contributed by atoms with Crippen LogP contribution in [0, 0.1) is 0 Å². The largest absolute Gasteiger partial charge is 0.297 e. The first-order valence-electron chi connectivity index (χ1n) is 8.32. The Hall–Kier alpha value is -2.62. The molecule has 24 heavy (non-hydrogen) atoms. The molecule has 0 spiro atoms. The molecule has 0 aromatic heterocycles. The molecule has 2 aromatic carbocycles. The van der Waals surface area contributed by atoms with E-state index < -0.39 is 0 Å². The number of carbonyl (C=O) groups is 1. The number of amidine groups is 1. The van der Waals surface area contributed by atoms with E-state index in [4.69, 9.17) is 5.10 Å². The van der Waals surface area contributed by atoms with Crippen molar-refractivity contribution in [2.75, 3.05) is 20.1 Å². The molecule has 1 aliphatic rings. The van der Waals surface area contributed by atoms with Gasteiger partial charge in [0.05, 0.1) is 6.54 Å². The molecule has 1 amide bonds. The summed E-state index contributed by atoms with van der Waals surface area (Å²) in [6.07, 6.45) is 0.821. The molecule has 1 heterocycles. The van der Waals surface area contributed by atoms with Crippen molar-refractivity contribution in [2.24, 2.45) is 5.10 Å². The van der Waals surface area contributed by atoms with Gasteiger partial charge >= 0.3 is 0 Å². The summed E-state index contributed by atoms with van der Waals surface area (Å²) in [6.45, 7) is 3.06. The first-order chi connectivity index (χ1) is 11.6. The number of nitrogens with zero attached hydrogens (tertiary/aromatic N) is 3. The van der Waals surface area contributed by atoms with Crippen LogP contribution in [0.15, 0.2) is 65.8 Å². The fourth-order valence-corrected chi connectivity index (χ4v) is 3.11. The topological polar surface area (TPSA) is 35.9 Å². The minimum Gasteiger partial charge on any atom is -0.297 e. The van der Waals surface area contributed by atoms with Gasteiger partial charge in [0.25, 0.3) is 0 Å². The number of likely N-dealkylation sites (N-methyl/N-ethyl adjacent to an activating group) is 1. The van der Waals surface area contributed by atoms with Crippen molar-refractivity contribution in [3.63, 3.8) is 0 Å². The molecule has 4 nitrogen and oxygen atoms in total. The van der Waals surface area contributed by atoms with E-state index in [1.807, 2.05) is 41.2 Å². The smallest absolute Gasteiger partial charge is 0.224 e. The Labute approximate surface area is 143 Å². The standard InChI is InChI=1S/C20H23N3O/c1-16(24)23-14-13-22(2)21-20(23)19(18-11-7-4-8-12-18)15-17-9-5-3-6-10-17/h3-12,19H,13-15H2,1-2H3. The summed E-state index contributed by atoms with van der Waals surface area (Å²) in [6, 6.07) is 20.7. The molecule has 0 bridgehead atoms. The van der Waals surface area contributed by atoms with Crippen molar-refractivity contribution in [3.05, 3.63) is 71.8 Å². The van der Waals surface area contributed by atoms with Crippen LogP contribution in [0.25, 0.3) is 0 Å². The molecule has 1 atom stereocenters. The monoisotopic (exact) mass is 321 g/mol. The molecular weight excluding hydrogens is 298 g/mol. The van der Waals surface area contributed by atoms with Crippen molar-refractivity contribution >= 4 is 11.7 Å². The van der Waals surface area contributed by atoms with E-state index in [1.54, 1.807) is 6.92 Å². The number of hydrogen-bond donors (Lipinski definition) is 0. The van der Waals surface area contributed by atoms with Crippen LogP contribution in [-0.4, -0.2) is 41.8 Å². The van der Waals surface area contributed by atoms with E-state index in [1.165, 1.54) is 11.1 Å². The van der Waals surface area contributed by atoms with Crippen LogP contribution < -0.4 is 0 Å². The summed E-state index contributed by atoms with van der Waals surface area (Å²) in [5.74, 6) is 0.947. The maximum absolute atomic E-state index is 12.1. The second-order valence-corrected chi connectivity index (χ2v) is 6.16. The Morgan fingerprint density at radius 1 is 1.04 bits per heavy atom. The fraction of sp³-hybridized carbons (Fsp3) is 0.300. The van der Waals surface area contributed by atoms with E-state index in [-0.39, 0.29) is 11.8 Å². The summed E-state index contributed by atoms with van der Waals surface area (Å²) in [5, 5.41) is 6.64. The summed E-state index contributed by atoms with van der Waals surface area (Å²) in [7, 11) is 1.96. The molecule has 0 saturated carbocycles. The molecule has 1 aliphatic heterocycles. The normalized spacial score (nSPS) is 15.8. The zero-order chi connectivity index (χ0) is 16.9. The fourth-order valence-electron chi connectivity index (χ4n) is 3.11. The van der Waals surface area contributed by atoms with Crippen LogP contribution in [0.2, 0.25) is 0 Å². The lowest BCUT2D eigenvalue weighted by Gasteiger charge is -2.35. The average molecular weight is 321 g/mol. The lowest BCUT2D eigenvalue weighted by Crippen LogP contribution is -2.47. The zero-order valence-corrected chi connectivity index (χ0v) is 14.2. The molecule has 1 unspecified atom stereocenters. The lowest BCUT2D eigenvalue weighted by atomic mass is 9.90. The van der Waals surface area contributed by atoms with Crippen molar-refractivity contribution in [1.82, 2.24) is 9.91 Å². The van der Waals surface area contributed by atoms with Gasteiger partial charge in [-0.15, -0.1) is 0 Å². The van der Waals surface area contributed by atoms with Gasteiger partial charge in [0, 0.05) is 26.4 Å². The summed E-state index contributed by atoms with van der Waals surface area (Å²) < 4.78 is 0. The molecule has 2 aromatic rings. The van der Waals surface area contributed by atoms with E-state index in [2.05, 4.69) is 36.4 Å². The predicted molar refractivity (Wildman–Crippen MR) is 96.8 cm³/mol. The van der Waals surface area contributed by atoms with Gasteiger partial charge in [-0.1, -0.05) is 60.7 Å². The number of benzene rings is 2. The lowest BCUT2D eigenvalue weighted by molar-refractivity contribution is -0.125. The molecule has 124 valence electrons. The van der Waals surface area contributed by atoms with E-state index >= 15 is 0 Å². The number of hydrogen-bond acceptors (Lipinski definition) is 3. The highest BCUT2D eigenvalue weighted by atomic mass is 16.2. The Bertz CT molecular complexity index is 712. The number of hydrazone groups is 1.